The Balaban J connectivity index is 0.000000246. The molecule has 0 aliphatic carbocycles. The number of carbonyl (C=O) groups is 2. The molecule has 4 rings (SSSR count). The van der Waals surface area contributed by atoms with Crippen LogP contribution in [-0.2, 0) is 12.4 Å². The minimum Gasteiger partial charge on any atom is -0.330 e. The van der Waals surface area contributed by atoms with Crippen LogP contribution in [0.4, 0.5) is 26.3 Å². The van der Waals surface area contributed by atoms with Crippen LogP contribution in [0.25, 0.3) is 22.3 Å². The van der Waals surface area contributed by atoms with Crippen LogP contribution in [0.15, 0.2) is 97.1 Å². The largest absolute Gasteiger partial charge is 0.416 e. The number of halogens is 6. The topological polar surface area (TPSA) is 86.2 Å². The first-order valence-electron chi connectivity index (χ1n) is 14.4. The summed E-state index contributed by atoms with van der Waals surface area (Å²) < 4.78 is 75.7. The van der Waals surface area contributed by atoms with E-state index in [1.165, 1.54) is 24.3 Å². The van der Waals surface area contributed by atoms with Crippen LogP contribution >= 0.6 is 0 Å². The van der Waals surface area contributed by atoms with Crippen molar-refractivity contribution in [2.75, 3.05) is 13.1 Å². The van der Waals surface area contributed by atoms with Gasteiger partial charge >= 0.3 is 12.4 Å². The number of ketones is 2. The fourth-order valence-electron chi connectivity index (χ4n) is 4.60. The van der Waals surface area contributed by atoms with Gasteiger partial charge in [-0.1, -0.05) is 72.8 Å². The number of hydrogen-bond acceptors (Lipinski definition) is 4. The maximum Gasteiger partial charge on any atom is 0.416 e. The van der Waals surface area contributed by atoms with E-state index in [0.29, 0.717) is 72.2 Å². The fraction of sp³-hybridized carbons (Fsp3) is 0.257. The number of unbranched alkanes of at least 4 members (excludes halogenated alkanes) is 1. The van der Waals surface area contributed by atoms with Gasteiger partial charge in [-0.3, -0.25) is 9.59 Å². The van der Waals surface area contributed by atoms with Crippen LogP contribution in [0.2, 0.25) is 0 Å². The second-order valence-electron chi connectivity index (χ2n) is 10.2. The van der Waals surface area contributed by atoms with Crippen LogP contribution in [0.3, 0.4) is 0 Å². The standard InChI is InChI=1S/C18H18F3NO.C17H16F3NO/c19-18(20,21)14-10-8-13(9-11-14)15-5-1-2-6-16(15)17(23)7-3-4-12-22;18-17(19,20)13-9-7-12(8-10-13)14-4-1-2-5-15(14)16(22)6-3-11-21/h1-2,5-6,8-11H,3-4,7,12,22H2;1-2,4-5,7-10H,3,6,11,21H2. The second kappa shape index (κ2) is 16.2. The summed E-state index contributed by atoms with van der Waals surface area (Å²) in [6, 6.07) is 23.6. The van der Waals surface area contributed by atoms with Gasteiger partial charge in [0.1, 0.15) is 0 Å². The van der Waals surface area contributed by atoms with E-state index in [4.69, 9.17) is 11.5 Å². The molecule has 0 aromatic heterocycles. The molecule has 4 nitrogen and oxygen atoms in total. The van der Waals surface area contributed by atoms with Gasteiger partial charge in [0, 0.05) is 24.0 Å². The first-order chi connectivity index (χ1) is 21.4. The van der Waals surface area contributed by atoms with E-state index in [0.717, 1.165) is 30.7 Å². The van der Waals surface area contributed by atoms with Crippen molar-refractivity contribution in [3.63, 3.8) is 0 Å². The number of hydrogen-bond donors (Lipinski definition) is 2. The van der Waals surface area contributed by atoms with E-state index < -0.39 is 23.5 Å². The summed E-state index contributed by atoms with van der Waals surface area (Å²) in [4.78, 5) is 24.5. The van der Waals surface area contributed by atoms with Gasteiger partial charge < -0.3 is 11.5 Å². The summed E-state index contributed by atoms with van der Waals surface area (Å²) in [5.74, 6) is -0.0742. The molecule has 0 heterocycles. The third kappa shape index (κ3) is 10.1. The summed E-state index contributed by atoms with van der Waals surface area (Å²) in [5.41, 5.74) is 12.9. The normalized spacial score (nSPS) is 11.5. The van der Waals surface area contributed by atoms with E-state index in [-0.39, 0.29) is 11.6 Å². The lowest BCUT2D eigenvalue weighted by Gasteiger charge is -2.11. The van der Waals surface area contributed by atoms with E-state index in [1.807, 2.05) is 0 Å². The molecule has 4 aromatic rings. The highest BCUT2D eigenvalue weighted by atomic mass is 19.4. The zero-order valence-corrected chi connectivity index (χ0v) is 24.4. The smallest absolute Gasteiger partial charge is 0.330 e. The second-order valence-corrected chi connectivity index (χ2v) is 10.2. The number of Topliss-reactive ketones (excluding diaryl/α,β-unsaturated/α-hetero) is 2. The van der Waals surface area contributed by atoms with Crippen LogP contribution in [0, 0.1) is 0 Å². The maximum absolute atomic E-state index is 12.6. The van der Waals surface area contributed by atoms with Gasteiger partial charge in [0.2, 0.25) is 0 Å². The molecule has 238 valence electrons. The average molecular weight is 629 g/mol. The predicted molar refractivity (Wildman–Crippen MR) is 164 cm³/mol. The fourth-order valence-corrected chi connectivity index (χ4v) is 4.60. The molecule has 0 spiro atoms. The van der Waals surface area contributed by atoms with Gasteiger partial charge in [0.25, 0.3) is 0 Å². The van der Waals surface area contributed by atoms with Gasteiger partial charge in [0.15, 0.2) is 11.6 Å². The van der Waals surface area contributed by atoms with E-state index >= 15 is 0 Å². The number of alkyl halides is 6. The predicted octanol–water partition coefficient (Wildman–Crippen LogP) is 8.98. The zero-order chi connectivity index (χ0) is 33.0. The molecule has 0 amide bonds. The van der Waals surface area contributed by atoms with Crippen LogP contribution < -0.4 is 11.5 Å². The van der Waals surface area contributed by atoms with Crippen molar-refractivity contribution < 1.29 is 35.9 Å². The Labute approximate surface area is 258 Å². The van der Waals surface area contributed by atoms with Crippen molar-refractivity contribution in [1.29, 1.82) is 0 Å². The molecule has 4 aromatic carbocycles. The lowest BCUT2D eigenvalue weighted by atomic mass is 9.94. The minimum absolute atomic E-state index is 0.0195. The van der Waals surface area contributed by atoms with E-state index in [9.17, 15) is 35.9 Å². The summed E-state index contributed by atoms with van der Waals surface area (Å²) >= 11 is 0. The molecule has 4 N–H and O–H groups in total. The molecule has 0 fully saturated rings. The number of nitrogens with two attached hydrogens (primary N) is 2. The third-order valence-electron chi connectivity index (χ3n) is 6.97. The molecule has 0 saturated carbocycles. The summed E-state index contributed by atoms with van der Waals surface area (Å²) in [5, 5.41) is 0. The number of carbonyl (C=O) groups excluding carboxylic acids is 2. The van der Waals surface area contributed by atoms with Gasteiger partial charge in [-0.15, -0.1) is 0 Å². The van der Waals surface area contributed by atoms with Crippen molar-refractivity contribution in [2.24, 2.45) is 11.5 Å². The highest BCUT2D eigenvalue weighted by Gasteiger charge is 2.31. The molecule has 10 heteroatoms. The van der Waals surface area contributed by atoms with Gasteiger partial charge in [-0.2, -0.15) is 26.3 Å². The molecule has 45 heavy (non-hydrogen) atoms. The molecule has 0 radical (unpaired) electrons. The summed E-state index contributed by atoms with van der Waals surface area (Å²) in [6.07, 6.45) is -5.96. The molecule has 0 unspecified atom stereocenters. The third-order valence-corrected chi connectivity index (χ3v) is 6.97. The summed E-state index contributed by atoms with van der Waals surface area (Å²) in [6.45, 7) is 0.960. The lowest BCUT2D eigenvalue weighted by Crippen LogP contribution is -2.06. The van der Waals surface area contributed by atoms with E-state index in [2.05, 4.69) is 0 Å². The molecule has 0 saturated heterocycles. The van der Waals surface area contributed by atoms with Crippen molar-refractivity contribution >= 4 is 11.6 Å². The Hall–Kier alpha value is -4.28. The Bertz CT molecular complexity index is 1550. The lowest BCUT2D eigenvalue weighted by molar-refractivity contribution is -0.138. The Kier molecular flexibility index (Phi) is 12.6. The first kappa shape index (κ1) is 35.2. The highest BCUT2D eigenvalue weighted by Crippen LogP contribution is 2.33. The quantitative estimate of drug-likeness (QED) is 0.0986. The molecule has 0 atom stereocenters. The maximum atomic E-state index is 12.6. The SMILES string of the molecule is NCCCC(=O)c1ccccc1-c1ccc(C(F)(F)F)cc1.NCCCCC(=O)c1ccccc1-c1ccc(C(F)(F)F)cc1. The molecule has 0 aliphatic heterocycles. The van der Waals surface area contributed by atoms with Gasteiger partial charge in [-0.05, 0) is 78.9 Å². The van der Waals surface area contributed by atoms with Crippen LogP contribution in [-0.4, -0.2) is 24.7 Å². The minimum atomic E-state index is -4.37. The Morgan fingerprint density at radius 3 is 1.20 bits per heavy atom. The number of rotatable bonds is 11. The Morgan fingerprint density at radius 1 is 0.489 bits per heavy atom. The van der Waals surface area contributed by atoms with Crippen molar-refractivity contribution in [1.82, 2.24) is 0 Å². The van der Waals surface area contributed by atoms with Gasteiger partial charge in [-0.25, -0.2) is 0 Å². The molecule has 0 aliphatic rings. The monoisotopic (exact) mass is 628 g/mol. The average Bonchev–Trinajstić information content (AvgIpc) is 3.03. The zero-order valence-electron chi connectivity index (χ0n) is 24.4. The Morgan fingerprint density at radius 2 is 0.844 bits per heavy atom. The molecule has 0 bridgehead atoms. The van der Waals surface area contributed by atoms with E-state index in [1.54, 1.807) is 48.5 Å². The van der Waals surface area contributed by atoms with Crippen molar-refractivity contribution in [2.45, 2.75) is 44.5 Å². The first-order valence-corrected chi connectivity index (χ1v) is 14.4. The van der Waals surface area contributed by atoms with Crippen LogP contribution in [0.5, 0.6) is 0 Å². The number of benzene rings is 4. The highest BCUT2D eigenvalue weighted by molar-refractivity contribution is 6.03. The summed E-state index contributed by atoms with van der Waals surface area (Å²) in [7, 11) is 0. The van der Waals surface area contributed by atoms with Crippen molar-refractivity contribution in [3.05, 3.63) is 119 Å². The molecular weight excluding hydrogens is 594 g/mol. The molecular formula is C35H34F6N2O2. The van der Waals surface area contributed by atoms with Gasteiger partial charge in [0.05, 0.1) is 11.1 Å². The van der Waals surface area contributed by atoms with Crippen LogP contribution in [0.1, 0.15) is 63.9 Å². The van der Waals surface area contributed by atoms with Crippen molar-refractivity contribution in [3.8, 4) is 22.3 Å².